The van der Waals surface area contributed by atoms with Crippen molar-refractivity contribution in [1.82, 2.24) is 0 Å². The molecule has 0 saturated carbocycles. The van der Waals surface area contributed by atoms with Crippen LogP contribution in [0.5, 0.6) is 0 Å². The topological polar surface area (TPSA) is 47.4 Å². The Morgan fingerprint density at radius 3 is 1.97 bits per heavy atom. The third kappa shape index (κ3) is 8.60. The highest BCUT2D eigenvalue weighted by Gasteiger charge is 2.20. The second-order valence-electron chi connectivity index (χ2n) is 8.68. The molecule has 1 aliphatic heterocycles. The standard InChI is InChI=1S/C25H44N2O2S/c1-22-24(14-19-28)13-18-26(22)16-11-9-7-5-3-4-6-8-10-12-17-27-21-30-25(15-20-29)23(27)2/h18,21,28-29H,3-17,19-20H2,1-2H3/q+2. The first-order chi connectivity index (χ1) is 14.7. The lowest BCUT2D eigenvalue weighted by atomic mass is 10.1. The number of aliphatic hydroxyl groups is 2. The molecule has 0 bridgehead atoms. The molecule has 0 unspecified atom stereocenters. The highest BCUT2D eigenvalue weighted by molar-refractivity contribution is 7.09. The molecule has 30 heavy (non-hydrogen) atoms. The van der Waals surface area contributed by atoms with E-state index in [1.54, 1.807) is 11.3 Å². The van der Waals surface area contributed by atoms with Crippen LogP contribution in [0.15, 0.2) is 16.8 Å². The molecule has 170 valence electrons. The molecule has 0 saturated heterocycles. The molecule has 0 radical (unpaired) electrons. The van der Waals surface area contributed by atoms with Crippen LogP contribution in [0, 0.1) is 6.92 Å². The highest BCUT2D eigenvalue weighted by atomic mass is 32.1. The van der Waals surface area contributed by atoms with E-state index in [0.717, 1.165) is 32.4 Å². The summed E-state index contributed by atoms with van der Waals surface area (Å²) in [6, 6.07) is 0. The Hall–Kier alpha value is -1.04. The maximum absolute atomic E-state index is 9.11. The van der Waals surface area contributed by atoms with Gasteiger partial charge in [0, 0.05) is 51.9 Å². The molecule has 2 rings (SSSR count). The van der Waals surface area contributed by atoms with Gasteiger partial charge in [-0.1, -0.05) is 49.9 Å². The summed E-state index contributed by atoms with van der Waals surface area (Å²) in [5.74, 6) is 0. The number of rotatable bonds is 17. The Kier molecular flexibility index (Phi) is 12.5. The molecule has 1 aliphatic rings. The second-order valence-corrected chi connectivity index (χ2v) is 9.62. The van der Waals surface area contributed by atoms with Crippen molar-refractivity contribution in [3.8, 4) is 0 Å². The molecule has 0 aliphatic carbocycles. The predicted octanol–water partition coefficient (Wildman–Crippen LogP) is 4.92. The van der Waals surface area contributed by atoms with E-state index >= 15 is 0 Å². The van der Waals surface area contributed by atoms with Crippen molar-refractivity contribution in [2.75, 3.05) is 19.8 Å². The minimum absolute atomic E-state index is 0.252. The Labute approximate surface area is 188 Å². The van der Waals surface area contributed by atoms with Crippen LogP contribution in [-0.2, 0) is 13.0 Å². The number of hydrogen-bond donors (Lipinski definition) is 2. The number of aromatic nitrogens is 1. The van der Waals surface area contributed by atoms with E-state index in [1.165, 1.54) is 86.0 Å². The van der Waals surface area contributed by atoms with Gasteiger partial charge >= 0.3 is 0 Å². The van der Waals surface area contributed by atoms with Gasteiger partial charge in [0.2, 0.25) is 5.51 Å². The van der Waals surface area contributed by atoms with Crippen LogP contribution in [0.3, 0.4) is 0 Å². The van der Waals surface area contributed by atoms with Gasteiger partial charge in [0.1, 0.15) is 19.3 Å². The number of aliphatic hydroxyl groups excluding tert-OH is 2. The largest absolute Gasteiger partial charge is 0.396 e. The lowest BCUT2D eigenvalue weighted by Crippen LogP contribution is -2.34. The van der Waals surface area contributed by atoms with E-state index in [9.17, 15) is 0 Å². The molecule has 2 N–H and O–H groups in total. The van der Waals surface area contributed by atoms with Crippen molar-refractivity contribution >= 4 is 17.6 Å². The zero-order valence-corrected chi connectivity index (χ0v) is 20.2. The molecule has 0 atom stereocenters. The molecule has 0 spiro atoms. The minimum Gasteiger partial charge on any atom is -0.396 e. The molecule has 4 nitrogen and oxygen atoms in total. The molecule has 0 amide bonds. The van der Waals surface area contributed by atoms with Crippen molar-refractivity contribution in [3.05, 3.63) is 27.4 Å². The van der Waals surface area contributed by atoms with Crippen molar-refractivity contribution in [2.45, 2.75) is 104 Å². The number of hydrogen-bond acceptors (Lipinski definition) is 3. The molecule has 0 aromatic carbocycles. The monoisotopic (exact) mass is 436 g/mol. The van der Waals surface area contributed by atoms with Crippen molar-refractivity contribution in [2.24, 2.45) is 0 Å². The number of unbranched alkanes of at least 4 members (excludes halogenated alkanes) is 9. The zero-order valence-electron chi connectivity index (χ0n) is 19.4. The molecule has 1 aromatic heterocycles. The average Bonchev–Trinajstić information content (AvgIpc) is 3.26. The Morgan fingerprint density at radius 2 is 1.37 bits per heavy atom. The van der Waals surface area contributed by atoms with Gasteiger partial charge < -0.3 is 10.2 Å². The van der Waals surface area contributed by atoms with Crippen molar-refractivity contribution in [3.63, 3.8) is 0 Å². The van der Waals surface area contributed by atoms with E-state index in [2.05, 4.69) is 34.7 Å². The first kappa shape index (κ1) is 25.2. The number of nitrogens with zero attached hydrogens (tertiary/aromatic N) is 2. The van der Waals surface area contributed by atoms with Gasteiger partial charge in [-0.25, -0.2) is 4.58 Å². The summed E-state index contributed by atoms with van der Waals surface area (Å²) >= 11 is 1.78. The van der Waals surface area contributed by atoms with E-state index < -0.39 is 0 Å². The minimum atomic E-state index is 0.252. The van der Waals surface area contributed by atoms with Crippen LogP contribution < -0.4 is 4.57 Å². The van der Waals surface area contributed by atoms with Gasteiger partial charge in [0.25, 0.3) is 0 Å². The summed E-state index contributed by atoms with van der Waals surface area (Å²) in [6.07, 6.45) is 18.4. The summed E-state index contributed by atoms with van der Waals surface area (Å²) in [5, 5.41) is 18.2. The highest BCUT2D eigenvalue weighted by Crippen LogP contribution is 2.19. The van der Waals surface area contributed by atoms with Crippen LogP contribution in [0.4, 0.5) is 0 Å². The number of allylic oxidation sites excluding steroid dienone is 1. The maximum Gasteiger partial charge on any atom is 0.225 e. The van der Waals surface area contributed by atoms with Crippen LogP contribution in [0.25, 0.3) is 0 Å². The quantitative estimate of drug-likeness (QED) is 0.269. The van der Waals surface area contributed by atoms with Crippen molar-refractivity contribution in [1.29, 1.82) is 0 Å². The smallest absolute Gasteiger partial charge is 0.225 e. The normalized spacial score (nSPS) is 14.1. The number of aryl methyl sites for hydroxylation is 1. The molecular formula is C25H44N2O2S+2. The predicted molar refractivity (Wildman–Crippen MR) is 126 cm³/mol. The maximum atomic E-state index is 9.11. The molecule has 1 aromatic rings. The summed E-state index contributed by atoms with van der Waals surface area (Å²) in [4.78, 5) is 1.33. The molecule has 2 heterocycles. The number of thiazole rings is 1. The van der Waals surface area contributed by atoms with Gasteiger partial charge in [0.05, 0.1) is 11.3 Å². The van der Waals surface area contributed by atoms with E-state index in [1.807, 2.05) is 0 Å². The van der Waals surface area contributed by atoms with Gasteiger partial charge in [-0.3, -0.25) is 0 Å². The van der Waals surface area contributed by atoms with Gasteiger partial charge in [-0.15, -0.1) is 0 Å². The van der Waals surface area contributed by atoms with Crippen LogP contribution in [0.1, 0.15) is 94.5 Å². The third-order valence-corrected chi connectivity index (χ3v) is 7.60. The Morgan fingerprint density at radius 1 is 0.800 bits per heavy atom. The lowest BCUT2D eigenvalue weighted by molar-refractivity contribution is -0.698. The molecule has 0 fully saturated rings. The van der Waals surface area contributed by atoms with Gasteiger partial charge in [-0.2, -0.15) is 4.57 Å². The zero-order chi connectivity index (χ0) is 21.6. The van der Waals surface area contributed by atoms with E-state index in [-0.39, 0.29) is 13.2 Å². The van der Waals surface area contributed by atoms with Gasteiger partial charge in [-0.05, 0) is 19.3 Å². The SMILES string of the molecule is CC1=C(CCO)CC=[N+]1CCCCCCCCCCCC[n+]1csc(CCO)c1C. The summed E-state index contributed by atoms with van der Waals surface area (Å²) in [6.45, 7) is 7.17. The first-order valence-corrected chi connectivity index (χ1v) is 13.0. The van der Waals surface area contributed by atoms with Crippen LogP contribution in [0.2, 0.25) is 0 Å². The van der Waals surface area contributed by atoms with E-state index in [4.69, 9.17) is 10.2 Å². The van der Waals surface area contributed by atoms with Crippen molar-refractivity contribution < 1.29 is 19.4 Å². The summed E-state index contributed by atoms with van der Waals surface area (Å²) < 4.78 is 4.76. The Balaban J connectivity index is 1.39. The lowest BCUT2D eigenvalue weighted by Gasteiger charge is -2.03. The summed E-state index contributed by atoms with van der Waals surface area (Å²) in [7, 11) is 0. The van der Waals surface area contributed by atoms with Gasteiger partial charge in [0.15, 0.2) is 11.4 Å². The van der Waals surface area contributed by atoms with Crippen LogP contribution >= 0.6 is 11.3 Å². The summed E-state index contributed by atoms with van der Waals surface area (Å²) in [5.41, 5.74) is 6.34. The Bertz CT molecular complexity index is 679. The third-order valence-electron chi connectivity index (χ3n) is 6.46. The van der Waals surface area contributed by atoms with Crippen LogP contribution in [-0.4, -0.2) is 40.8 Å². The second kappa shape index (κ2) is 14.9. The molecule has 5 heteroatoms. The van der Waals surface area contributed by atoms with E-state index in [0.29, 0.717) is 0 Å². The average molecular weight is 437 g/mol. The fourth-order valence-electron chi connectivity index (χ4n) is 4.38. The fraction of sp³-hybridized carbons (Fsp3) is 0.760. The molecular weight excluding hydrogens is 392 g/mol. The first-order valence-electron chi connectivity index (χ1n) is 12.1. The fourth-order valence-corrected chi connectivity index (χ4v) is 5.39.